The highest BCUT2D eigenvalue weighted by Crippen LogP contribution is 2.21. The summed E-state index contributed by atoms with van der Waals surface area (Å²) >= 11 is 8.43. The fraction of sp³-hybridized carbons (Fsp3) is 0.406. The van der Waals surface area contributed by atoms with Crippen LogP contribution in [0.5, 0.6) is 0 Å². The quantitative estimate of drug-likeness (QED) is 0.0296. The molecule has 0 spiro atoms. The molecule has 4 heterocycles. The number of thiocarbonyl (C=S) groups is 1. The highest BCUT2D eigenvalue weighted by atomic mass is 32.1. The van der Waals surface area contributed by atoms with Crippen molar-refractivity contribution in [1.82, 2.24) is 40.8 Å². The number of hydrogen-bond acceptors (Lipinski definition) is 17. The molecular weight excluding hydrogens is 1150 g/mol. The number of aliphatic hydroxyl groups is 1. The monoisotopic (exact) mass is 1230 g/mol. The van der Waals surface area contributed by atoms with E-state index in [1.807, 2.05) is 142 Å². The summed E-state index contributed by atoms with van der Waals surface area (Å²) in [6.45, 7) is 13.0. The maximum atomic E-state index is 13.1. The Bertz CT molecular complexity index is 3010. The van der Waals surface area contributed by atoms with Crippen molar-refractivity contribution in [3.8, 4) is 0 Å². The predicted octanol–water partition coefficient (Wildman–Crippen LogP) is 11.6. The van der Waals surface area contributed by atoms with Crippen LogP contribution in [0.1, 0.15) is 99.2 Å². The number of amides is 4. The van der Waals surface area contributed by atoms with Gasteiger partial charge in [0, 0.05) is 56.5 Å². The van der Waals surface area contributed by atoms with Crippen molar-refractivity contribution >= 4 is 64.4 Å². The number of aromatic nitrogens is 4. The molecule has 6 atom stereocenters. The number of nitrogens with one attached hydrogen (secondary N) is 4. The second-order valence-electron chi connectivity index (χ2n) is 22.3. The molecule has 22 heteroatoms. The van der Waals surface area contributed by atoms with Crippen molar-refractivity contribution in [2.75, 3.05) is 13.2 Å². The summed E-state index contributed by atoms with van der Waals surface area (Å²) in [6, 6.07) is 36.8. The van der Waals surface area contributed by atoms with Crippen LogP contribution in [0, 0.1) is 0 Å². The van der Waals surface area contributed by atoms with Crippen LogP contribution in [0.3, 0.4) is 0 Å². The van der Waals surface area contributed by atoms with Gasteiger partial charge < -0.3 is 54.8 Å². The summed E-state index contributed by atoms with van der Waals surface area (Å²) in [5, 5.41) is 23.2. The van der Waals surface area contributed by atoms with E-state index in [2.05, 4.69) is 36.2 Å². The number of ether oxygens (including phenoxy) is 6. The summed E-state index contributed by atoms with van der Waals surface area (Å²) in [6.07, 6.45) is 8.94. The number of carbonyl (C=O) groups excluding carboxylic acids is 4. The number of benzene rings is 4. The number of imidazole rings is 1. The number of thiazole rings is 2. The lowest BCUT2D eigenvalue weighted by Crippen LogP contribution is -2.51. The average Bonchev–Trinajstić information content (AvgIpc) is 4.48. The van der Waals surface area contributed by atoms with Crippen LogP contribution >= 0.6 is 34.9 Å². The zero-order valence-corrected chi connectivity index (χ0v) is 52.0. The third kappa shape index (κ3) is 27.1. The van der Waals surface area contributed by atoms with Gasteiger partial charge in [0.2, 0.25) is 0 Å². The average molecular weight is 1230 g/mol. The van der Waals surface area contributed by atoms with E-state index >= 15 is 0 Å². The summed E-state index contributed by atoms with van der Waals surface area (Å²) in [4.78, 5) is 65.0. The van der Waals surface area contributed by atoms with Gasteiger partial charge in [0.1, 0.15) is 36.8 Å². The Labute approximate surface area is 517 Å². The van der Waals surface area contributed by atoms with Crippen LogP contribution in [0.25, 0.3) is 0 Å². The Balaban J connectivity index is 0.000000257. The Morgan fingerprint density at radius 2 is 1.00 bits per heavy atom. The molecule has 1 saturated heterocycles. The second-order valence-corrected chi connectivity index (χ2v) is 24.6. The minimum atomic E-state index is -0.972. The molecule has 0 bridgehead atoms. The first-order valence-electron chi connectivity index (χ1n) is 28.5. The zero-order chi connectivity index (χ0) is 61.6. The topological polar surface area (TPSA) is 236 Å². The Morgan fingerprint density at radius 1 is 0.581 bits per heavy atom. The van der Waals surface area contributed by atoms with Gasteiger partial charge in [0.05, 0.1) is 39.0 Å². The molecule has 7 aromatic rings. The zero-order valence-electron chi connectivity index (χ0n) is 49.6. The smallest absolute Gasteiger partial charge is 0.407 e. The second kappa shape index (κ2) is 35.6. The van der Waals surface area contributed by atoms with Crippen LogP contribution in [0.4, 0.5) is 19.2 Å². The normalized spacial score (nSPS) is 14.1. The van der Waals surface area contributed by atoms with Gasteiger partial charge in [-0.05, 0) is 121 Å². The molecule has 19 nitrogen and oxygen atoms in total. The molecule has 86 heavy (non-hydrogen) atoms. The van der Waals surface area contributed by atoms with Crippen molar-refractivity contribution in [3.63, 3.8) is 0 Å². The van der Waals surface area contributed by atoms with E-state index in [1.54, 1.807) is 67.5 Å². The van der Waals surface area contributed by atoms with E-state index in [4.69, 9.17) is 40.6 Å². The van der Waals surface area contributed by atoms with E-state index in [-0.39, 0.29) is 31.2 Å². The number of alkyl carbamates (subject to hydrolysis) is 4. The van der Waals surface area contributed by atoms with E-state index in [1.165, 1.54) is 35.5 Å². The minimum Gasteiger partial charge on any atom is -0.465 e. The molecule has 1 fully saturated rings. The molecule has 0 unspecified atom stereocenters. The van der Waals surface area contributed by atoms with Gasteiger partial charge in [-0.25, -0.2) is 24.2 Å². The Kier molecular flexibility index (Phi) is 27.9. The first-order valence-corrected chi connectivity index (χ1v) is 30.7. The van der Waals surface area contributed by atoms with Crippen molar-refractivity contribution in [3.05, 3.63) is 195 Å². The first-order chi connectivity index (χ1) is 41.3. The third-order valence-electron chi connectivity index (χ3n) is 12.7. The largest absolute Gasteiger partial charge is 0.465 e. The predicted molar refractivity (Wildman–Crippen MR) is 336 cm³/mol. The molecule has 0 saturated carbocycles. The van der Waals surface area contributed by atoms with Crippen LogP contribution in [-0.4, -0.2) is 115 Å². The molecule has 4 amide bonds. The van der Waals surface area contributed by atoms with E-state index in [0.717, 1.165) is 45.2 Å². The molecule has 0 aliphatic carbocycles. The fourth-order valence-electron chi connectivity index (χ4n) is 8.81. The van der Waals surface area contributed by atoms with Crippen molar-refractivity contribution < 1.29 is 52.7 Å². The summed E-state index contributed by atoms with van der Waals surface area (Å²) in [7, 11) is 0. The van der Waals surface area contributed by atoms with E-state index < -0.39 is 72.0 Å². The van der Waals surface area contributed by atoms with Crippen LogP contribution in [-0.2, 0) is 67.3 Å². The number of nitrogens with zero attached hydrogens (tertiary/aromatic N) is 4. The fourth-order valence-corrected chi connectivity index (χ4v) is 10.1. The van der Waals surface area contributed by atoms with Gasteiger partial charge in [0.25, 0.3) is 5.17 Å². The van der Waals surface area contributed by atoms with Gasteiger partial charge in [0.15, 0.2) is 0 Å². The van der Waals surface area contributed by atoms with Gasteiger partial charge >= 0.3 is 24.4 Å². The van der Waals surface area contributed by atoms with Crippen LogP contribution in [0.15, 0.2) is 163 Å². The summed E-state index contributed by atoms with van der Waals surface area (Å²) < 4.78 is 34.9. The Morgan fingerprint density at radius 3 is 1.38 bits per heavy atom. The number of carbonyl (C=O) groups is 4. The van der Waals surface area contributed by atoms with Crippen LogP contribution < -0.4 is 21.3 Å². The minimum absolute atomic E-state index is 0.0877. The Hall–Kier alpha value is -7.76. The molecular formula is C64H80N8O11S3. The lowest BCUT2D eigenvalue weighted by atomic mass is 9.93. The molecule has 1 aliphatic rings. The first kappa shape index (κ1) is 67.4. The highest BCUT2D eigenvalue weighted by molar-refractivity contribution is 7.80. The van der Waals surface area contributed by atoms with Crippen molar-refractivity contribution in [2.45, 2.75) is 154 Å². The third-order valence-corrected chi connectivity index (χ3v) is 14.5. The molecule has 1 aliphatic heterocycles. The number of aliphatic hydroxyl groups excluding tert-OH is 1. The van der Waals surface area contributed by atoms with Crippen molar-refractivity contribution in [2.24, 2.45) is 0 Å². The number of hydrogen-bond donors (Lipinski definition) is 5. The maximum absolute atomic E-state index is 13.1. The van der Waals surface area contributed by atoms with Gasteiger partial charge in [-0.15, -0.1) is 22.7 Å². The SMILES string of the molecule is C1CCOC1.CC(C)(C)OC(=O)N[C@@H](Cc1ccccc1)C[C@H](O)[C@H](Cc1ccccc1)NC(=O)OCc1cncs1.CC(C)(C)OC(=O)N[C@@H](Cc1ccccc1)C[C@H](OC(=S)n1ccnc1)[C@H](Cc1ccccc1)NC(=O)OCc1cncs1. The van der Waals surface area contributed by atoms with Crippen LogP contribution in [0.2, 0.25) is 0 Å². The lowest BCUT2D eigenvalue weighted by Gasteiger charge is -2.32. The lowest BCUT2D eigenvalue weighted by molar-refractivity contribution is 0.0455. The summed E-state index contributed by atoms with van der Waals surface area (Å²) in [5.74, 6) is 0. The number of rotatable bonds is 23. The molecule has 4 aromatic carbocycles. The maximum Gasteiger partial charge on any atom is 0.407 e. The van der Waals surface area contributed by atoms with Gasteiger partial charge in [-0.3, -0.25) is 14.5 Å². The van der Waals surface area contributed by atoms with Crippen molar-refractivity contribution in [1.29, 1.82) is 0 Å². The van der Waals surface area contributed by atoms with Gasteiger partial charge in [-0.2, -0.15) is 0 Å². The van der Waals surface area contributed by atoms with Gasteiger partial charge in [-0.1, -0.05) is 121 Å². The molecule has 3 aromatic heterocycles. The van der Waals surface area contributed by atoms with E-state index in [0.29, 0.717) is 25.7 Å². The molecule has 8 rings (SSSR count). The van der Waals surface area contributed by atoms with E-state index in [9.17, 15) is 24.3 Å². The summed E-state index contributed by atoms with van der Waals surface area (Å²) in [5.41, 5.74) is 5.96. The highest BCUT2D eigenvalue weighted by Gasteiger charge is 2.33. The molecule has 5 N–H and O–H groups in total. The standard InChI is InChI=1S/C32H37N5O5S2.C28H35N3O5S.C4H8O/c1-32(2,3)42-30(39)35-25(16-23-10-6-4-7-11-23)18-28(41-31(43)37-15-14-33-21-37)27(17-24-12-8-5-9-13-24)36-29(38)40-20-26-19-34-22-44-26;1-28(2,3)36-27(34)30-22(14-20-10-6-4-7-11-20)16-25(32)24(15-21-12-8-5-9-13-21)31-26(33)35-18-23-17-29-19-37-23;1-2-4-5-3-1/h4-15,19,21-22,25,27-28H,16-18,20H2,1-3H3,(H,35,39)(H,36,38);4-13,17,19,22,24-25,32H,14-16,18H2,1-3H3,(H,30,34)(H,31,33);1-4H2/t25-,27-,28-;22-,24-,25-;/m00./s1. The molecule has 460 valence electrons. The molecule has 0 radical (unpaired) electrons.